The Kier molecular flexibility index (Phi) is 4.94. The van der Waals surface area contributed by atoms with Gasteiger partial charge in [-0.25, -0.2) is 0 Å². The number of benzene rings is 1. The summed E-state index contributed by atoms with van der Waals surface area (Å²) in [6.07, 6.45) is 4.19. The van der Waals surface area contributed by atoms with Crippen LogP contribution in [0, 0.1) is 0 Å². The molecule has 0 radical (unpaired) electrons. The molecule has 1 aromatic carbocycles. The van der Waals surface area contributed by atoms with Crippen LogP contribution in [0.3, 0.4) is 0 Å². The molecule has 0 bridgehead atoms. The van der Waals surface area contributed by atoms with Gasteiger partial charge in [0, 0.05) is 22.7 Å². The Bertz CT molecular complexity index is 448. The number of nitrogens with two attached hydrogens (primary N) is 1. The van der Waals surface area contributed by atoms with Crippen LogP contribution in [-0.2, 0) is 6.42 Å². The molecule has 0 aromatic heterocycles. The summed E-state index contributed by atoms with van der Waals surface area (Å²) >= 11 is 6.40. The van der Waals surface area contributed by atoms with Crippen molar-refractivity contribution >= 4 is 11.6 Å². The maximum Gasteiger partial charge on any atom is 0.166 e. The van der Waals surface area contributed by atoms with Crippen LogP contribution in [0.2, 0.25) is 5.02 Å². The van der Waals surface area contributed by atoms with E-state index in [4.69, 9.17) is 26.8 Å². The highest BCUT2D eigenvalue weighted by molar-refractivity contribution is 6.31. The van der Waals surface area contributed by atoms with Gasteiger partial charge in [0.15, 0.2) is 11.5 Å². The third-order valence-electron chi connectivity index (χ3n) is 3.49. The third-order valence-corrected chi connectivity index (χ3v) is 3.83. The molecule has 106 valence electrons. The van der Waals surface area contributed by atoms with Crippen molar-refractivity contribution in [3.8, 4) is 11.5 Å². The van der Waals surface area contributed by atoms with Gasteiger partial charge in [0.2, 0.25) is 0 Å². The van der Waals surface area contributed by atoms with Crippen LogP contribution in [-0.4, -0.2) is 13.2 Å². The molecule has 3 nitrogen and oxygen atoms in total. The maximum absolute atomic E-state index is 6.40. The molecular weight excluding hydrogens is 262 g/mol. The minimum atomic E-state index is -0.0167. The Morgan fingerprint density at radius 1 is 1.26 bits per heavy atom. The summed E-state index contributed by atoms with van der Waals surface area (Å²) in [6, 6.07) is 1.85. The van der Waals surface area contributed by atoms with E-state index in [1.807, 2.05) is 19.9 Å². The van der Waals surface area contributed by atoms with E-state index in [2.05, 4.69) is 0 Å². The molecule has 4 heteroatoms. The summed E-state index contributed by atoms with van der Waals surface area (Å²) in [7, 11) is 0. The van der Waals surface area contributed by atoms with Gasteiger partial charge in [0.05, 0.1) is 13.2 Å². The lowest BCUT2D eigenvalue weighted by molar-refractivity contribution is 0.283. The van der Waals surface area contributed by atoms with Crippen molar-refractivity contribution in [3.05, 3.63) is 22.2 Å². The molecule has 2 N–H and O–H groups in total. The number of rotatable bonds is 4. The van der Waals surface area contributed by atoms with Crippen molar-refractivity contribution in [2.45, 2.75) is 45.6 Å². The molecule has 1 aliphatic rings. The lowest BCUT2D eigenvalue weighted by Gasteiger charge is -2.22. The summed E-state index contributed by atoms with van der Waals surface area (Å²) in [5.74, 6) is 1.50. The second-order valence-corrected chi connectivity index (χ2v) is 5.20. The molecule has 0 saturated heterocycles. The predicted octanol–water partition coefficient (Wildman–Crippen LogP) is 3.86. The lowest BCUT2D eigenvalue weighted by atomic mass is 9.97. The number of halogens is 1. The summed E-state index contributed by atoms with van der Waals surface area (Å²) in [5, 5.41) is 0.749. The van der Waals surface area contributed by atoms with Gasteiger partial charge in [-0.1, -0.05) is 18.0 Å². The molecule has 0 saturated carbocycles. The van der Waals surface area contributed by atoms with E-state index in [1.165, 1.54) is 0 Å². The van der Waals surface area contributed by atoms with Gasteiger partial charge in [-0.15, -0.1) is 0 Å². The van der Waals surface area contributed by atoms with Crippen LogP contribution in [0.1, 0.15) is 50.3 Å². The Morgan fingerprint density at radius 3 is 2.68 bits per heavy atom. The van der Waals surface area contributed by atoms with Crippen molar-refractivity contribution in [2.75, 3.05) is 13.2 Å². The van der Waals surface area contributed by atoms with Crippen LogP contribution in [0.15, 0.2) is 6.07 Å². The van der Waals surface area contributed by atoms with Crippen molar-refractivity contribution in [2.24, 2.45) is 5.73 Å². The zero-order valence-electron chi connectivity index (χ0n) is 11.7. The number of hydrogen-bond donors (Lipinski definition) is 1. The van der Waals surface area contributed by atoms with Gasteiger partial charge in [0.25, 0.3) is 0 Å². The molecule has 0 amide bonds. The fraction of sp³-hybridized carbons (Fsp3) is 0.600. The first-order chi connectivity index (χ1) is 9.19. The van der Waals surface area contributed by atoms with Crippen molar-refractivity contribution in [1.29, 1.82) is 0 Å². The van der Waals surface area contributed by atoms with E-state index >= 15 is 0 Å². The minimum absolute atomic E-state index is 0.0167. The van der Waals surface area contributed by atoms with Crippen molar-refractivity contribution in [1.82, 2.24) is 0 Å². The fourth-order valence-electron chi connectivity index (χ4n) is 2.68. The zero-order valence-corrected chi connectivity index (χ0v) is 12.4. The highest BCUT2D eigenvalue weighted by Crippen LogP contribution is 2.44. The third kappa shape index (κ3) is 2.98. The van der Waals surface area contributed by atoms with E-state index in [9.17, 15) is 0 Å². The highest BCUT2D eigenvalue weighted by Gasteiger charge is 2.25. The van der Waals surface area contributed by atoms with Crippen LogP contribution < -0.4 is 15.2 Å². The second kappa shape index (κ2) is 6.49. The predicted molar refractivity (Wildman–Crippen MR) is 78.3 cm³/mol. The summed E-state index contributed by atoms with van der Waals surface area (Å²) in [4.78, 5) is 0. The summed E-state index contributed by atoms with van der Waals surface area (Å²) in [6.45, 7) is 5.11. The van der Waals surface area contributed by atoms with Crippen LogP contribution in [0.25, 0.3) is 0 Å². The van der Waals surface area contributed by atoms with Crippen LogP contribution >= 0.6 is 11.6 Å². The smallest absolute Gasteiger partial charge is 0.166 e. The number of hydrogen-bond acceptors (Lipinski definition) is 3. The van der Waals surface area contributed by atoms with Crippen molar-refractivity contribution < 1.29 is 9.47 Å². The zero-order chi connectivity index (χ0) is 13.8. The van der Waals surface area contributed by atoms with Gasteiger partial charge >= 0.3 is 0 Å². The first-order valence-corrected chi connectivity index (χ1v) is 7.43. The molecule has 0 unspecified atom stereocenters. The van der Waals surface area contributed by atoms with E-state index in [0.29, 0.717) is 19.0 Å². The largest absolute Gasteiger partial charge is 0.490 e. The monoisotopic (exact) mass is 283 g/mol. The first kappa shape index (κ1) is 14.5. The van der Waals surface area contributed by atoms with Gasteiger partial charge in [-0.3, -0.25) is 0 Å². The van der Waals surface area contributed by atoms with E-state index < -0.39 is 0 Å². The van der Waals surface area contributed by atoms with Crippen LogP contribution in [0.5, 0.6) is 11.5 Å². The average Bonchev–Trinajstić information content (AvgIpc) is 2.57. The summed E-state index contributed by atoms with van der Waals surface area (Å²) in [5.41, 5.74) is 8.51. The van der Waals surface area contributed by atoms with E-state index in [-0.39, 0.29) is 6.04 Å². The Morgan fingerprint density at radius 2 is 2.00 bits per heavy atom. The average molecular weight is 284 g/mol. The molecule has 1 aromatic rings. The molecule has 0 heterocycles. The SMILES string of the molecule is CCOc1cc(Cl)c2c(c1OCC)[C@H](N)CCCC2. The van der Waals surface area contributed by atoms with Gasteiger partial charge in [-0.05, 0) is 38.7 Å². The molecule has 1 aliphatic carbocycles. The van der Waals surface area contributed by atoms with E-state index in [0.717, 1.165) is 47.6 Å². The summed E-state index contributed by atoms with van der Waals surface area (Å²) < 4.78 is 11.5. The molecule has 0 aliphatic heterocycles. The number of fused-ring (bicyclic) bond motifs is 1. The molecule has 0 fully saturated rings. The number of ether oxygens (including phenoxy) is 2. The first-order valence-electron chi connectivity index (χ1n) is 7.05. The molecule has 1 atom stereocenters. The second-order valence-electron chi connectivity index (χ2n) is 4.80. The van der Waals surface area contributed by atoms with Gasteiger partial charge in [0.1, 0.15) is 0 Å². The minimum Gasteiger partial charge on any atom is -0.490 e. The van der Waals surface area contributed by atoms with Crippen molar-refractivity contribution in [3.63, 3.8) is 0 Å². The fourth-order valence-corrected chi connectivity index (χ4v) is 2.97. The molecule has 0 spiro atoms. The topological polar surface area (TPSA) is 44.5 Å². The highest BCUT2D eigenvalue weighted by atomic mass is 35.5. The molecular formula is C15H22ClNO2. The van der Waals surface area contributed by atoms with E-state index in [1.54, 1.807) is 0 Å². The Hall–Kier alpha value is -0.930. The molecule has 19 heavy (non-hydrogen) atoms. The molecule has 2 rings (SSSR count). The quantitative estimate of drug-likeness (QED) is 0.853. The van der Waals surface area contributed by atoms with Gasteiger partial charge in [-0.2, -0.15) is 0 Å². The standard InChI is InChI=1S/C15H22ClNO2/c1-3-18-13-9-11(16)10-7-5-6-8-12(17)14(10)15(13)19-4-2/h9,12H,3-8,17H2,1-2H3/t12-/m1/s1. The maximum atomic E-state index is 6.40. The lowest BCUT2D eigenvalue weighted by Crippen LogP contribution is -2.14. The Balaban J connectivity index is 2.58. The van der Waals surface area contributed by atoms with Crippen LogP contribution in [0.4, 0.5) is 0 Å². The normalized spacial score (nSPS) is 18.6. The van der Waals surface area contributed by atoms with Gasteiger partial charge < -0.3 is 15.2 Å². The Labute approximate surface area is 120 Å².